The van der Waals surface area contributed by atoms with Crippen LogP contribution < -0.4 is 34.7 Å². The van der Waals surface area contributed by atoms with Crippen molar-refractivity contribution in [1.82, 2.24) is 0 Å². The Morgan fingerprint density at radius 3 is 1.80 bits per heavy atom. The van der Waals surface area contributed by atoms with Crippen LogP contribution in [0.1, 0.15) is 6.92 Å². The maximum absolute atomic E-state index is 8.89. The van der Waals surface area contributed by atoms with Crippen molar-refractivity contribution >= 4 is 5.97 Å². The van der Waals surface area contributed by atoms with Gasteiger partial charge in [-0.15, -0.1) is 13.2 Å². The number of aliphatic carboxylic acids is 1. The molecule has 0 radical (unpaired) electrons. The van der Waals surface area contributed by atoms with Crippen molar-refractivity contribution in [3.8, 4) is 0 Å². The zero-order chi connectivity index (χ0) is 11.2. The Hall–Kier alpha value is -0.130. The van der Waals surface area contributed by atoms with Crippen molar-refractivity contribution in [2.45, 2.75) is 6.92 Å². The number of carboxylic acids is 1. The van der Waals surface area contributed by atoms with Gasteiger partial charge in [-0.25, -0.2) is 0 Å². The van der Waals surface area contributed by atoms with E-state index in [1.807, 2.05) is 0 Å². The molecule has 4 nitrogen and oxygen atoms in total. The molecule has 1 aliphatic heterocycles. The van der Waals surface area contributed by atoms with Crippen LogP contribution in [0.2, 0.25) is 0 Å². The molecule has 1 fully saturated rings. The summed E-state index contributed by atoms with van der Waals surface area (Å²) in [4.78, 5) is 8.89. The molecule has 0 aliphatic carbocycles. The largest absolute Gasteiger partial charge is 1.00 e. The third-order valence-electron chi connectivity index (χ3n) is 0.676. The summed E-state index contributed by atoms with van der Waals surface area (Å²) in [5.41, 5.74) is 0. The molecule has 5 heteroatoms. The Morgan fingerprint density at radius 1 is 1.40 bits per heavy atom. The fourth-order valence-electron chi connectivity index (χ4n) is 0.235. The summed E-state index contributed by atoms with van der Waals surface area (Å²) < 4.78 is 9.40. The van der Waals surface area contributed by atoms with E-state index in [2.05, 4.69) is 17.9 Å². The molecular formula is C10H17NaO4. The van der Waals surface area contributed by atoms with E-state index in [1.165, 1.54) is 0 Å². The van der Waals surface area contributed by atoms with Crippen molar-refractivity contribution in [3.05, 3.63) is 25.3 Å². The molecule has 0 aromatic rings. The maximum Gasteiger partial charge on any atom is 1.00 e. The van der Waals surface area contributed by atoms with E-state index in [1.54, 1.807) is 12.2 Å². The molecule has 0 aromatic heterocycles. The summed E-state index contributed by atoms with van der Waals surface area (Å²) in [6.45, 7) is 11.2. The van der Waals surface area contributed by atoms with Gasteiger partial charge in [-0.3, -0.25) is 0 Å². The molecule has 0 atom stereocenters. The molecule has 15 heavy (non-hydrogen) atoms. The molecule has 1 saturated heterocycles. The molecule has 0 bridgehead atoms. The van der Waals surface area contributed by atoms with Crippen LogP contribution in [-0.2, 0) is 14.3 Å². The van der Waals surface area contributed by atoms with E-state index < -0.39 is 5.97 Å². The minimum atomic E-state index is -1.08. The Balaban J connectivity index is -0.000000153. The average molecular weight is 224 g/mol. The van der Waals surface area contributed by atoms with E-state index in [4.69, 9.17) is 14.6 Å². The third kappa shape index (κ3) is 82.4. The van der Waals surface area contributed by atoms with Crippen LogP contribution in [0, 0.1) is 0 Å². The summed E-state index contributed by atoms with van der Waals surface area (Å²) in [5, 5.41) is 8.89. The number of carbonyl (C=O) groups is 1. The second-order valence-electron chi connectivity index (χ2n) is 2.22. The monoisotopic (exact) mass is 224 g/mol. The number of rotatable bonds is 4. The van der Waals surface area contributed by atoms with Crippen LogP contribution in [0.25, 0.3) is 0 Å². The van der Waals surface area contributed by atoms with Gasteiger partial charge in [0, 0.05) is 5.97 Å². The second kappa shape index (κ2) is 19.4. The van der Waals surface area contributed by atoms with Crippen molar-refractivity contribution < 1.29 is 48.9 Å². The molecule has 0 aromatic carbocycles. The SMILES string of the molecule is C1CO1.C=CCOCC=C.CC(=O)[O-].[Na+]. The summed E-state index contributed by atoms with van der Waals surface area (Å²) in [6, 6.07) is 0. The summed E-state index contributed by atoms with van der Waals surface area (Å²) >= 11 is 0. The smallest absolute Gasteiger partial charge is 0.550 e. The summed E-state index contributed by atoms with van der Waals surface area (Å²) in [5.74, 6) is -1.08. The first-order chi connectivity index (χ1) is 6.65. The Kier molecular flexibility index (Phi) is 26.3. The first-order valence-corrected chi connectivity index (χ1v) is 4.20. The van der Waals surface area contributed by atoms with Crippen LogP contribution in [0.3, 0.4) is 0 Å². The van der Waals surface area contributed by atoms with E-state index >= 15 is 0 Å². The van der Waals surface area contributed by atoms with Gasteiger partial charge in [-0.1, -0.05) is 12.2 Å². The molecule has 0 unspecified atom stereocenters. The Morgan fingerprint density at radius 2 is 1.67 bits per heavy atom. The number of carbonyl (C=O) groups excluding carboxylic acids is 1. The van der Waals surface area contributed by atoms with Crippen LogP contribution >= 0.6 is 0 Å². The third-order valence-corrected chi connectivity index (χ3v) is 0.676. The zero-order valence-corrected chi connectivity index (χ0v) is 11.5. The summed E-state index contributed by atoms with van der Waals surface area (Å²) in [7, 11) is 0. The van der Waals surface area contributed by atoms with Gasteiger partial charge >= 0.3 is 29.6 Å². The number of carboxylic acid groups (broad SMARTS) is 1. The first kappa shape index (κ1) is 20.3. The zero-order valence-electron chi connectivity index (χ0n) is 9.53. The van der Waals surface area contributed by atoms with Crippen molar-refractivity contribution in [3.63, 3.8) is 0 Å². The minimum Gasteiger partial charge on any atom is -0.550 e. The molecular weight excluding hydrogens is 207 g/mol. The number of ether oxygens (including phenoxy) is 2. The van der Waals surface area contributed by atoms with Crippen molar-refractivity contribution in [1.29, 1.82) is 0 Å². The molecule has 1 rings (SSSR count). The van der Waals surface area contributed by atoms with Gasteiger partial charge < -0.3 is 19.4 Å². The average Bonchev–Trinajstić information content (AvgIpc) is 2.90. The molecule has 1 heterocycles. The number of hydrogen-bond acceptors (Lipinski definition) is 4. The normalized spacial score (nSPS) is 10.2. The topological polar surface area (TPSA) is 61.9 Å². The van der Waals surface area contributed by atoms with E-state index in [0.29, 0.717) is 13.2 Å². The number of epoxide rings is 1. The fourth-order valence-corrected chi connectivity index (χ4v) is 0.235. The van der Waals surface area contributed by atoms with Gasteiger partial charge in [0.15, 0.2) is 0 Å². The first-order valence-electron chi connectivity index (χ1n) is 4.20. The van der Waals surface area contributed by atoms with Crippen molar-refractivity contribution in [2.24, 2.45) is 0 Å². The quantitative estimate of drug-likeness (QED) is 0.223. The van der Waals surface area contributed by atoms with Gasteiger partial charge in [-0.2, -0.15) is 0 Å². The molecule has 0 spiro atoms. The van der Waals surface area contributed by atoms with Crippen LogP contribution in [0.15, 0.2) is 25.3 Å². The van der Waals surface area contributed by atoms with Crippen LogP contribution in [-0.4, -0.2) is 32.4 Å². The second-order valence-corrected chi connectivity index (χ2v) is 2.22. The van der Waals surface area contributed by atoms with E-state index in [-0.39, 0.29) is 29.6 Å². The molecule has 1 aliphatic rings. The van der Waals surface area contributed by atoms with Gasteiger partial charge in [0.1, 0.15) is 0 Å². The predicted molar refractivity (Wildman–Crippen MR) is 52.7 cm³/mol. The Labute approximate surface area is 113 Å². The molecule has 0 amide bonds. The number of hydrogen-bond donors (Lipinski definition) is 0. The summed E-state index contributed by atoms with van der Waals surface area (Å²) in [6.07, 6.45) is 3.42. The predicted octanol–water partition coefficient (Wildman–Crippen LogP) is -2.85. The van der Waals surface area contributed by atoms with Gasteiger partial charge in [-0.05, 0) is 6.92 Å². The molecule has 0 N–H and O–H groups in total. The minimum absolute atomic E-state index is 0. The molecule has 0 saturated carbocycles. The standard InChI is InChI=1S/C6H10O.C2H4O2.C2H4O.Na/c1-3-5-7-6-4-2;1-2(3)4;1-2-3-1;/h3-4H,1-2,5-6H2;1H3,(H,3,4);1-2H2;/q;;;+1/p-1. The van der Waals surface area contributed by atoms with Crippen LogP contribution in [0.5, 0.6) is 0 Å². The van der Waals surface area contributed by atoms with E-state index in [9.17, 15) is 0 Å². The van der Waals surface area contributed by atoms with Crippen molar-refractivity contribution in [2.75, 3.05) is 26.4 Å². The fraction of sp³-hybridized carbons (Fsp3) is 0.500. The van der Waals surface area contributed by atoms with Crippen LogP contribution in [0.4, 0.5) is 0 Å². The Bertz CT molecular complexity index is 143. The van der Waals surface area contributed by atoms with Gasteiger partial charge in [0.2, 0.25) is 0 Å². The molecule has 82 valence electrons. The van der Waals surface area contributed by atoms with Gasteiger partial charge in [0.25, 0.3) is 0 Å². The van der Waals surface area contributed by atoms with Gasteiger partial charge in [0.05, 0.1) is 26.4 Å². The van der Waals surface area contributed by atoms with E-state index in [0.717, 1.165) is 20.1 Å². The maximum atomic E-state index is 8.89.